The van der Waals surface area contributed by atoms with Gasteiger partial charge < -0.3 is 5.11 Å². The van der Waals surface area contributed by atoms with Crippen LogP contribution in [0, 0.1) is 39.9 Å². The molecule has 0 aromatic rings. The van der Waals surface area contributed by atoms with E-state index < -0.39 is 5.97 Å². The molecule has 3 aliphatic rings. The number of hydrogen-bond acceptors (Lipinski definition) is 1. The summed E-state index contributed by atoms with van der Waals surface area (Å²) in [5.41, 5.74) is 1.10. The Balaban J connectivity index is 1.65. The molecule has 0 heterocycles. The van der Waals surface area contributed by atoms with Crippen LogP contribution in [-0.2, 0) is 4.79 Å². The predicted molar refractivity (Wildman–Crippen MR) is 75.7 cm³/mol. The molecular formula is C17H28O2. The lowest BCUT2D eigenvalue weighted by Crippen LogP contribution is -2.29. The molecular weight excluding hydrogens is 236 g/mol. The Labute approximate surface area is 117 Å². The number of carboxylic acid groups (broad SMARTS) is 1. The van der Waals surface area contributed by atoms with Crippen molar-refractivity contribution in [3.8, 4) is 0 Å². The second-order valence-electron chi connectivity index (χ2n) is 8.68. The SMILES string of the molecule is CC(C(=O)O)C1(C)CC1CC1CC2CC2(C)C1(C)C. The number of carbonyl (C=O) groups is 1. The lowest BCUT2D eigenvalue weighted by molar-refractivity contribution is -0.143. The number of carboxylic acids is 1. The van der Waals surface area contributed by atoms with E-state index in [4.69, 9.17) is 0 Å². The van der Waals surface area contributed by atoms with Crippen LogP contribution in [0.2, 0.25) is 0 Å². The van der Waals surface area contributed by atoms with Gasteiger partial charge in [-0.3, -0.25) is 4.79 Å². The Morgan fingerprint density at radius 2 is 1.84 bits per heavy atom. The first-order valence-corrected chi connectivity index (χ1v) is 7.86. The van der Waals surface area contributed by atoms with Crippen molar-refractivity contribution in [1.29, 1.82) is 0 Å². The minimum Gasteiger partial charge on any atom is -0.481 e. The third kappa shape index (κ3) is 1.64. The van der Waals surface area contributed by atoms with Gasteiger partial charge >= 0.3 is 5.97 Å². The molecule has 3 aliphatic carbocycles. The fourth-order valence-electron chi connectivity index (χ4n) is 5.06. The molecule has 0 spiro atoms. The molecule has 0 bridgehead atoms. The lowest BCUT2D eigenvalue weighted by atomic mass is 9.69. The van der Waals surface area contributed by atoms with Crippen molar-refractivity contribution in [2.75, 3.05) is 0 Å². The van der Waals surface area contributed by atoms with Crippen LogP contribution in [0.25, 0.3) is 0 Å². The van der Waals surface area contributed by atoms with Crippen molar-refractivity contribution in [2.24, 2.45) is 39.9 Å². The molecule has 6 unspecified atom stereocenters. The van der Waals surface area contributed by atoms with Crippen molar-refractivity contribution in [3.63, 3.8) is 0 Å². The second-order valence-corrected chi connectivity index (χ2v) is 8.68. The zero-order valence-electron chi connectivity index (χ0n) is 13.0. The fraction of sp³-hybridized carbons (Fsp3) is 0.941. The van der Waals surface area contributed by atoms with E-state index in [1.54, 1.807) is 0 Å². The zero-order chi connectivity index (χ0) is 14.2. The van der Waals surface area contributed by atoms with Crippen molar-refractivity contribution in [2.45, 2.75) is 60.3 Å². The van der Waals surface area contributed by atoms with Crippen LogP contribution < -0.4 is 0 Å². The Hall–Kier alpha value is -0.530. The van der Waals surface area contributed by atoms with E-state index in [2.05, 4.69) is 27.7 Å². The summed E-state index contributed by atoms with van der Waals surface area (Å²) >= 11 is 0. The van der Waals surface area contributed by atoms with Crippen LogP contribution in [0.3, 0.4) is 0 Å². The van der Waals surface area contributed by atoms with Gasteiger partial charge in [-0.15, -0.1) is 0 Å². The van der Waals surface area contributed by atoms with Crippen LogP contribution in [0.1, 0.15) is 60.3 Å². The maximum Gasteiger partial charge on any atom is 0.306 e. The van der Waals surface area contributed by atoms with Crippen molar-refractivity contribution >= 4 is 5.97 Å². The first kappa shape index (κ1) is 13.5. The standard InChI is InChI=1S/C17H28O2/c1-10(14(18)19)16(4)8-12(16)6-11-7-13-9-17(13,5)15(11,2)3/h10-13H,6-9H2,1-5H3,(H,18,19). The van der Waals surface area contributed by atoms with Gasteiger partial charge in [0.25, 0.3) is 0 Å². The molecule has 2 nitrogen and oxygen atoms in total. The minimum absolute atomic E-state index is 0.0651. The van der Waals surface area contributed by atoms with Crippen molar-refractivity contribution < 1.29 is 9.90 Å². The number of rotatable bonds is 4. The topological polar surface area (TPSA) is 37.3 Å². The molecule has 3 rings (SSSR count). The molecule has 0 amide bonds. The van der Waals surface area contributed by atoms with Gasteiger partial charge in [0.2, 0.25) is 0 Å². The van der Waals surface area contributed by atoms with Crippen LogP contribution in [0.5, 0.6) is 0 Å². The van der Waals surface area contributed by atoms with Crippen LogP contribution in [0.4, 0.5) is 0 Å². The Kier molecular flexibility index (Phi) is 2.52. The second kappa shape index (κ2) is 3.56. The van der Waals surface area contributed by atoms with Crippen molar-refractivity contribution in [1.82, 2.24) is 0 Å². The summed E-state index contributed by atoms with van der Waals surface area (Å²) in [6.45, 7) is 11.4. The van der Waals surface area contributed by atoms with Gasteiger partial charge in [-0.2, -0.15) is 0 Å². The summed E-state index contributed by atoms with van der Waals surface area (Å²) in [6, 6.07) is 0. The predicted octanol–water partition coefficient (Wildman–Crippen LogP) is 4.20. The molecule has 1 N–H and O–H groups in total. The molecule has 3 fully saturated rings. The minimum atomic E-state index is -0.620. The highest BCUT2D eigenvalue weighted by atomic mass is 16.4. The summed E-state index contributed by atoms with van der Waals surface area (Å²) in [6.07, 6.45) is 5.18. The van der Waals surface area contributed by atoms with E-state index >= 15 is 0 Å². The summed E-state index contributed by atoms with van der Waals surface area (Å²) in [5, 5.41) is 9.23. The summed E-state index contributed by atoms with van der Waals surface area (Å²) in [4.78, 5) is 11.2. The smallest absolute Gasteiger partial charge is 0.306 e. The molecule has 0 aromatic carbocycles. The average Bonchev–Trinajstić information content (AvgIpc) is 3.14. The van der Waals surface area contributed by atoms with E-state index in [1.165, 1.54) is 19.3 Å². The molecule has 108 valence electrons. The molecule has 6 atom stereocenters. The van der Waals surface area contributed by atoms with Gasteiger partial charge in [-0.25, -0.2) is 0 Å². The van der Waals surface area contributed by atoms with Gasteiger partial charge in [0.15, 0.2) is 0 Å². The van der Waals surface area contributed by atoms with Crippen LogP contribution in [-0.4, -0.2) is 11.1 Å². The molecule has 0 radical (unpaired) electrons. The summed E-state index contributed by atoms with van der Waals surface area (Å²) in [5.74, 6) is 1.60. The van der Waals surface area contributed by atoms with Gasteiger partial charge in [-0.1, -0.05) is 34.6 Å². The third-order valence-corrected chi connectivity index (χ3v) is 7.86. The highest BCUT2D eigenvalue weighted by Gasteiger charge is 2.68. The zero-order valence-corrected chi connectivity index (χ0v) is 13.0. The van der Waals surface area contributed by atoms with Crippen LogP contribution >= 0.6 is 0 Å². The Morgan fingerprint density at radius 1 is 1.21 bits per heavy atom. The molecule has 19 heavy (non-hydrogen) atoms. The Morgan fingerprint density at radius 3 is 2.32 bits per heavy atom. The summed E-state index contributed by atoms with van der Waals surface area (Å²) in [7, 11) is 0. The first-order chi connectivity index (χ1) is 8.63. The van der Waals surface area contributed by atoms with E-state index in [0.717, 1.165) is 18.3 Å². The largest absolute Gasteiger partial charge is 0.481 e. The van der Waals surface area contributed by atoms with Gasteiger partial charge in [0.1, 0.15) is 0 Å². The molecule has 0 aromatic heterocycles. The quantitative estimate of drug-likeness (QED) is 0.826. The molecule has 0 aliphatic heterocycles. The monoisotopic (exact) mass is 264 g/mol. The highest BCUT2D eigenvalue weighted by Crippen LogP contribution is 2.76. The maximum atomic E-state index is 11.2. The lowest BCUT2D eigenvalue weighted by Gasteiger charge is -2.36. The Bertz CT molecular complexity index is 427. The molecule has 0 saturated heterocycles. The molecule has 2 heteroatoms. The van der Waals surface area contributed by atoms with Crippen molar-refractivity contribution in [3.05, 3.63) is 0 Å². The van der Waals surface area contributed by atoms with Gasteiger partial charge in [0.05, 0.1) is 5.92 Å². The highest BCUT2D eigenvalue weighted by molar-refractivity contribution is 5.71. The maximum absolute atomic E-state index is 11.2. The van der Waals surface area contributed by atoms with E-state index in [9.17, 15) is 9.90 Å². The number of aliphatic carboxylic acids is 1. The fourth-order valence-corrected chi connectivity index (χ4v) is 5.06. The molecule has 3 saturated carbocycles. The summed E-state index contributed by atoms with van der Waals surface area (Å²) < 4.78 is 0. The van der Waals surface area contributed by atoms with Gasteiger partial charge in [0, 0.05) is 0 Å². The van der Waals surface area contributed by atoms with E-state index in [0.29, 0.717) is 16.7 Å². The van der Waals surface area contributed by atoms with Gasteiger partial charge in [-0.05, 0) is 59.7 Å². The normalized spacial score (nSPS) is 51.5. The first-order valence-electron chi connectivity index (χ1n) is 7.86. The third-order valence-electron chi connectivity index (χ3n) is 7.86. The number of hydrogen-bond donors (Lipinski definition) is 1. The average molecular weight is 264 g/mol. The van der Waals surface area contributed by atoms with E-state index in [1.807, 2.05) is 6.92 Å². The van der Waals surface area contributed by atoms with E-state index in [-0.39, 0.29) is 11.3 Å². The van der Waals surface area contributed by atoms with Crippen LogP contribution in [0.15, 0.2) is 0 Å². The number of fused-ring (bicyclic) bond motifs is 1.